The molecule has 0 aliphatic carbocycles. The van der Waals surface area contributed by atoms with E-state index in [-0.39, 0.29) is 34.9 Å². The molecule has 1 unspecified atom stereocenters. The fourth-order valence-electron chi connectivity index (χ4n) is 6.13. The summed E-state index contributed by atoms with van der Waals surface area (Å²) in [5, 5.41) is 0. The molecule has 0 aromatic rings. The van der Waals surface area contributed by atoms with Gasteiger partial charge in [0.1, 0.15) is 0 Å². The van der Waals surface area contributed by atoms with Crippen LogP contribution in [-0.2, 0) is 14.3 Å². The number of imide groups is 1. The van der Waals surface area contributed by atoms with Crippen molar-refractivity contribution in [3.8, 4) is 0 Å². The molecule has 2 fully saturated rings. The van der Waals surface area contributed by atoms with Crippen LogP contribution >= 0.6 is 0 Å². The fraction of sp³-hybridized carbons (Fsp3) is 0.926. The smallest absolute Gasteiger partial charge is 0.233 e. The first kappa shape index (κ1) is 27.3. The molecule has 0 aromatic heterocycles. The van der Waals surface area contributed by atoms with Crippen molar-refractivity contribution >= 4 is 11.8 Å². The maximum Gasteiger partial charge on any atom is 0.233 e. The third-order valence-electron chi connectivity index (χ3n) is 7.74. The number of likely N-dealkylation sites (tertiary alicyclic amines) is 2. The van der Waals surface area contributed by atoms with Gasteiger partial charge in [-0.2, -0.15) is 0 Å². The lowest BCUT2D eigenvalue weighted by Gasteiger charge is -2.56. The van der Waals surface area contributed by atoms with Crippen LogP contribution in [0.25, 0.3) is 0 Å². The van der Waals surface area contributed by atoms with E-state index in [0.717, 1.165) is 25.7 Å². The zero-order valence-corrected chi connectivity index (χ0v) is 21.9. The van der Waals surface area contributed by atoms with Crippen LogP contribution in [0.4, 0.5) is 0 Å². The highest BCUT2D eigenvalue weighted by Crippen LogP contribution is 2.42. The highest BCUT2D eigenvalue weighted by atomic mass is 16.5. The zero-order valence-electron chi connectivity index (χ0n) is 21.9. The average Bonchev–Trinajstić information content (AvgIpc) is 2.99. The average molecular weight is 451 g/mol. The lowest BCUT2D eigenvalue weighted by atomic mass is 9.76. The molecule has 0 radical (unpaired) electrons. The van der Waals surface area contributed by atoms with Crippen LogP contribution < -0.4 is 0 Å². The van der Waals surface area contributed by atoms with Crippen molar-refractivity contribution in [2.75, 3.05) is 13.8 Å². The number of amides is 2. The molecular formula is C27H50N2O3. The van der Waals surface area contributed by atoms with Gasteiger partial charge in [0, 0.05) is 36.6 Å². The quantitative estimate of drug-likeness (QED) is 0.230. The van der Waals surface area contributed by atoms with Gasteiger partial charge in [0.15, 0.2) is 0 Å². The topological polar surface area (TPSA) is 49.9 Å². The van der Waals surface area contributed by atoms with Gasteiger partial charge >= 0.3 is 0 Å². The summed E-state index contributed by atoms with van der Waals surface area (Å²) in [6.45, 7) is 11.6. The van der Waals surface area contributed by atoms with Crippen LogP contribution in [0.15, 0.2) is 0 Å². The van der Waals surface area contributed by atoms with Crippen molar-refractivity contribution in [3.05, 3.63) is 0 Å². The van der Waals surface area contributed by atoms with Gasteiger partial charge in [-0.3, -0.25) is 19.4 Å². The van der Waals surface area contributed by atoms with Gasteiger partial charge < -0.3 is 4.74 Å². The van der Waals surface area contributed by atoms with Gasteiger partial charge in [0.25, 0.3) is 0 Å². The van der Waals surface area contributed by atoms with E-state index < -0.39 is 0 Å². The summed E-state index contributed by atoms with van der Waals surface area (Å²) in [6, 6.07) is -0.00851. The predicted molar refractivity (Wildman–Crippen MR) is 131 cm³/mol. The second-order valence-electron chi connectivity index (χ2n) is 11.5. The van der Waals surface area contributed by atoms with Gasteiger partial charge in [-0.15, -0.1) is 0 Å². The van der Waals surface area contributed by atoms with Gasteiger partial charge in [-0.25, -0.2) is 0 Å². The van der Waals surface area contributed by atoms with Gasteiger partial charge in [0.2, 0.25) is 11.8 Å². The van der Waals surface area contributed by atoms with Crippen LogP contribution in [0.1, 0.15) is 125 Å². The van der Waals surface area contributed by atoms with Crippen LogP contribution in [0, 0.1) is 5.92 Å². The first-order valence-electron chi connectivity index (χ1n) is 13.3. The van der Waals surface area contributed by atoms with Crippen molar-refractivity contribution in [3.63, 3.8) is 0 Å². The number of hydrogen-bond donors (Lipinski definition) is 0. The first-order valence-corrected chi connectivity index (χ1v) is 13.3. The molecule has 2 heterocycles. The van der Waals surface area contributed by atoms with Gasteiger partial charge in [0.05, 0.1) is 6.73 Å². The molecule has 2 saturated heterocycles. The Morgan fingerprint density at radius 1 is 0.844 bits per heavy atom. The minimum absolute atomic E-state index is 0.00851. The molecule has 2 amide bonds. The number of rotatable bonds is 14. The molecule has 0 aromatic carbocycles. The van der Waals surface area contributed by atoms with E-state index in [1.54, 1.807) is 12.0 Å². The maximum absolute atomic E-state index is 13.2. The Kier molecular flexibility index (Phi) is 10.7. The highest BCUT2D eigenvalue weighted by molar-refractivity contribution is 6.03. The lowest BCUT2D eigenvalue weighted by molar-refractivity contribution is -0.152. The number of piperidine rings is 1. The minimum atomic E-state index is -0.127. The molecule has 2 aliphatic rings. The molecule has 5 nitrogen and oxygen atoms in total. The fourth-order valence-corrected chi connectivity index (χ4v) is 6.13. The number of methoxy groups -OCH3 is 1. The molecular weight excluding hydrogens is 400 g/mol. The van der Waals surface area contributed by atoms with Crippen molar-refractivity contribution in [2.24, 2.45) is 5.92 Å². The molecule has 0 saturated carbocycles. The van der Waals surface area contributed by atoms with E-state index in [1.165, 1.54) is 57.8 Å². The van der Waals surface area contributed by atoms with Crippen LogP contribution in [0.2, 0.25) is 0 Å². The third-order valence-corrected chi connectivity index (χ3v) is 7.74. The Morgan fingerprint density at radius 2 is 1.34 bits per heavy atom. The Balaban J connectivity index is 1.78. The van der Waals surface area contributed by atoms with Crippen molar-refractivity contribution < 1.29 is 14.3 Å². The van der Waals surface area contributed by atoms with E-state index >= 15 is 0 Å². The minimum Gasteiger partial charge on any atom is -0.369 e. The number of hydrogen-bond acceptors (Lipinski definition) is 4. The Bertz CT molecular complexity index is 584. The second kappa shape index (κ2) is 12.5. The highest BCUT2D eigenvalue weighted by Gasteiger charge is 2.51. The Morgan fingerprint density at radius 3 is 1.84 bits per heavy atom. The van der Waals surface area contributed by atoms with E-state index in [2.05, 4.69) is 39.5 Å². The maximum atomic E-state index is 13.2. The molecule has 0 N–H and O–H groups in total. The molecule has 2 aliphatic heterocycles. The number of unbranched alkanes of at least 4 members (excludes halogenated alkanes) is 9. The summed E-state index contributed by atoms with van der Waals surface area (Å²) in [5.74, 6) is 0.0337. The van der Waals surface area contributed by atoms with E-state index in [4.69, 9.17) is 4.74 Å². The van der Waals surface area contributed by atoms with E-state index in [9.17, 15) is 9.59 Å². The Labute approximate surface area is 197 Å². The molecule has 5 heteroatoms. The predicted octanol–water partition coefficient (Wildman–Crippen LogP) is 6.30. The Hall–Kier alpha value is -0.940. The SMILES string of the molecule is CCCCCCCCCCCCC1CC(=O)N(C2CC(C)(C)N(COC)C(C)(C)C2)C1=O. The molecule has 186 valence electrons. The van der Waals surface area contributed by atoms with Gasteiger partial charge in [-0.05, 0) is 47.0 Å². The van der Waals surface area contributed by atoms with Crippen LogP contribution in [-0.4, -0.2) is 52.6 Å². The van der Waals surface area contributed by atoms with E-state index in [1.807, 2.05) is 0 Å². The van der Waals surface area contributed by atoms with Crippen molar-refractivity contribution in [1.82, 2.24) is 9.80 Å². The van der Waals surface area contributed by atoms with Crippen molar-refractivity contribution in [2.45, 2.75) is 142 Å². The summed E-state index contributed by atoms with van der Waals surface area (Å²) < 4.78 is 5.45. The summed E-state index contributed by atoms with van der Waals surface area (Å²) >= 11 is 0. The molecule has 0 spiro atoms. The lowest BCUT2D eigenvalue weighted by Crippen LogP contribution is -2.65. The van der Waals surface area contributed by atoms with E-state index in [0.29, 0.717) is 13.2 Å². The summed E-state index contributed by atoms with van der Waals surface area (Å²) in [6.07, 6.45) is 15.8. The van der Waals surface area contributed by atoms with Crippen LogP contribution in [0.3, 0.4) is 0 Å². The number of nitrogens with zero attached hydrogens (tertiary/aromatic N) is 2. The standard InChI is InChI=1S/C27H50N2O3/c1-7-8-9-10-11-12-13-14-15-16-17-22-18-24(30)29(25(22)31)23-19-26(2,3)28(21-32-6)27(4,5)20-23/h22-23H,7-21H2,1-6H3. The number of carbonyl (C=O) groups is 2. The largest absolute Gasteiger partial charge is 0.369 e. The van der Waals surface area contributed by atoms with Crippen LogP contribution in [0.5, 0.6) is 0 Å². The molecule has 2 rings (SSSR count). The first-order chi connectivity index (χ1) is 15.1. The summed E-state index contributed by atoms with van der Waals surface area (Å²) in [7, 11) is 1.73. The molecule has 1 atom stereocenters. The third kappa shape index (κ3) is 7.28. The zero-order chi connectivity index (χ0) is 23.8. The summed E-state index contributed by atoms with van der Waals surface area (Å²) in [5.41, 5.74) is -0.255. The summed E-state index contributed by atoms with van der Waals surface area (Å²) in [4.78, 5) is 30.1. The van der Waals surface area contributed by atoms with Gasteiger partial charge in [-0.1, -0.05) is 71.1 Å². The molecule has 0 bridgehead atoms. The normalized spacial score (nSPS) is 23.9. The molecule has 32 heavy (non-hydrogen) atoms. The number of carbonyl (C=O) groups excluding carboxylic acids is 2. The monoisotopic (exact) mass is 450 g/mol. The number of ether oxygens (including phenoxy) is 1. The van der Waals surface area contributed by atoms with Crippen molar-refractivity contribution in [1.29, 1.82) is 0 Å². The second-order valence-corrected chi connectivity index (χ2v) is 11.5.